The number of hydrogen-bond donors (Lipinski definition) is 0. The van der Waals surface area contributed by atoms with Crippen molar-refractivity contribution >= 4 is 40.5 Å². The maximum atomic E-state index is 14.5. The van der Waals surface area contributed by atoms with Crippen LogP contribution in [0.5, 0.6) is 0 Å². The first-order valence-corrected chi connectivity index (χ1v) is 13.2. The highest BCUT2D eigenvalue weighted by Crippen LogP contribution is 2.57. The van der Waals surface area contributed by atoms with Crippen LogP contribution in [0.25, 0.3) is 5.57 Å². The molecule has 0 aromatic heterocycles. The van der Waals surface area contributed by atoms with Crippen LogP contribution in [0.15, 0.2) is 120 Å². The Morgan fingerprint density at radius 1 is 0.889 bits per heavy atom. The number of anilines is 1. The van der Waals surface area contributed by atoms with Crippen LogP contribution in [0.1, 0.15) is 35.3 Å². The molecule has 0 unspecified atom stereocenters. The molecule has 0 spiro atoms. The fourth-order valence-corrected chi connectivity index (χ4v) is 6.76. The number of rotatable bonds is 3. The Balaban J connectivity index is 1.62. The van der Waals surface area contributed by atoms with Gasteiger partial charge in [0.1, 0.15) is 5.76 Å². The molecular weight excluding hydrogens is 486 g/mol. The number of allylic oxidation sites excluding steroid dienone is 1. The van der Waals surface area contributed by atoms with Gasteiger partial charge in [-0.25, -0.2) is 0 Å². The summed E-state index contributed by atoms with van der Waals surface area (Å²) in [4.78, 5) is 17.4. The molecule has 4 aromatic carbocycles. The molecular formula is C31H24ClNO2S. The zero-order chi connectivity index (χ0) is 24.7. The third-order valence-corrected chi connectivity index (χ3v) is 8.36. The van der Waals surface area contributed by atoms with Crippen LogP contribution in [-0.4, -0.2) is 5.91 Å². The highest BCUT2D eigenvalue weighted by atomic mass is 35.5. The van der Waals surface area contributed by atoms with E-state index in [4.69, 9.17) is 16.3 Å². The predicted octanol–water partition coefficient (Wildman–Crippen LogP) is 8.22. The van der Waals surface area contributed by atoms with E-state index in [2.05, 4.69) is 24.3 Å². The van der Waals surface area contributed by atoms with E-state index < -0.39 is 5.72 Å². The Labute approximate surface area is 220 Å². The maximum Gasteiger partial charge on any atom is 0.265 e. The summed E-state index contributed by atoms with van der Waals surface area (Å²) in [5, 5.41) is 0.702. The molecule has 0 bridgehead atoms. The van der Waals surface area contributed by atoms with Crippen LogP contribution in [0.4, 0.5) is 5.69 Å². The van der Waals surface area contributed by atoms with Crippen molar-refractivity contribution in [3.05, 3.63) is 137 Å². The Bertz CT molecular complexity index is 1470. The molecule has 5 heteroatoms. The molecule has 0 radical (unpaired) electrons. The quantitative estimate of drug-likeness (QED) is 0.278. The van der Waals surface area contributed by atoms with Crippen molar-refractivity contribution in [3.63, 3.8) is 0 Å². The SMILES string of the molecule is CC1=C(c2ccccc2)C(=O)N2c3ccccc3S[C@@H](c3cccc(Cl)c3)C[C@@]2(c2ccccc2)O1. The number of halogens is 1. The highest BCUT2D eigenvalue weighted by molar-refractivity contribution is 7.99. The number of carbonyl (C=O) groups is 1. The molecule has 0 aliphatic carbocycles. The minimum absolute atomic E-state index is 0.00827. The largest absolute Gasteiger partial charge is 0.467 e. The Morgan fingerprint density at radius 3 is 2.33 bits per heavy atom. The summed E-state index contributed by atoms with van der Waals surface area (Å²) in [6, 6.07) is 35.9. The van der Waals surface area contributed by atoms with Gasteiger partial charge in [-0.1, -0.05) is 96.5 Å². The van der Waals surface area contributed by atoms with E-state index in [1.54, 1.807) is 11.8 Å². The molecule has 2 atom stereocenters. The molecule has 2 heterocycles. The zero-order valence-corrected chi connectivity index (χ0v) is 21.3. The molecule has 6 rings (SSSR count). The number of fused-ring (bicyclic) bond motifs is 3. The highest BCUT2D eigenvalue weighted by Gasteiger charge is 2.53. The van der Waals surface area contributed by atoms with E-state index in [1.807, 2.05) is 96.8 Å². The topological polar surface area (TPSA) is 29.5 Å². The molecule has 178 valence electrons. The summed E-state index contributed by atoms with van der Waals surface area (Å²) in [5.74, 6) is 0.564. The number of hydrogen-bond acceptors (Lipinski definition) is 3. The van der Waals surface area contributed by atoms with E-state index >= 15 is 0 Å². The van der Waals surface area contributed by atoms with Gasteiger partial charge in [0.05, 0.1) is 11.3 Å². The van der Waals surface area contributed by atoms with Gasteiger partial charge in [0.25, 0.3) is 5.91 Å². The van der Waals surface area contributed by atoms with Crippen LogP contribution >= 0.6 is 23.4 Å². The number of para-hydroxylation sites is 1. The van der Waals surface area contributed by atoms with Gasteiger partial charge in [0.15, 0.2) is 0 Å². The number of nitrogens with zero attached hydrogens (tertiary/aromatic N) is 1. The molecule has 0 fully saturated rings. The van der Waals surface area contributed by atoms with Crippen molar-refractivity contribution in [3.8, 4) is 0 Å². The van der Waals surface area contributed by atoms with Crippen molar-refractivity contribution in [1.29, 1.82) is 0 Å². The Morgan fingerprint density at radius 2 is 1.58 bits per heavy atom. The zero-order valence-electron chi connectivity index (χ0n) is 19.7. The second-order valence-electron chi connectivity index (χ2n) is 9.02. The maximum absolute atomic E-state index is 14.5. The van der Waals surface area contributed by atoms with Gasteiger partial charge >= 0.3 is 0 Å². The molecule has 1 amide bonds. The summed E-state index contributed by atoms with van der Waals surface area (Å²) < 4.78 is 6.96. The van der Waals surface area contributed by atoms with Gasteiger partial charge in [0, 0.05) is 27.2 Å². The van der Waals surface area contributed by atoms with E-state index in [0.717, 1.165) is 27.3 Å². The summed E-state index contributed by atoms with van der Waals surface area (Å²) in [7, 11) is 0. The summed E-state index contributed by atoms with van der Waals surface area (Å²) >= 11 is 8.16. The smallest absolute Gasteiger partial charge is 0.265 e. The lowest BCUT2D eigenvalue weighted by molar-refractivity contribution is -0.123. The number of ether oxygens (including phenoxy) is 1. The van der Waals surface area contributed by atoms with E-state index in [-0.39, 0.29) is 11.2 Å². The minimum Gasteiger partial charge on any atom is -0.467 e. The second-order valence-corrected chi connectivity index (χ2v) is 10.7. The number of benzene rings is 4. The first-order chi connectivity index (χ1) is 17.6. The van der Waals surface area contributed by atoms with Gasteiger partial charge < -0.3 is 4.74 Å². The Kier molecular flexibility index (Phi) is 5.87. The first-order valence-electron chi connectivity index (χ1n) is 11.9. The van der Waals surface area contributed by atoms with Gasteiger partial charge in [0.2, 0.25) is 5.72 Å². The van der Waals surface area contributed by atoms with E-state index in [9.17, 15) is 4.79 Å². The molecule has 4 aromatic rings. The lowest BCUT2D eigenvalue weighted by Crippen LogP contribution is -2.55. The van der Waals surface area contributed by atoms with Crippen molar-refractivity contribution in [2.45, 2.75) is 29.2 Å². The average molecular weight is 510 g/mol. The van der Waals surface area contributed by atoms with E-state index in [0.29, 0.717) is 22.8 Å². The van der Waals surface area contributed by atoms with Crippen molar-refractivity contribution in [2.24, 2.45) is 0 Å². The third kappa shape index (κ3) is 3.82. The number of amides is 1. The molecule has 3 nitrogen and oxygen atoms in total. The van der Waals surface area contributed by atoms with Gasteiger partial charge in [-0.05, 0) is 42.3 Å². The van der Waals surface area contributed by atoms with Crippen LogP contribution in [-0.2, 0) is 15.3 Å². The van der Waals surface area contributed by atoms with Crippen molar-refractivity contribution in [1.82, 2.24) is 0 Å². The predicted molar refractivity (Wildman–Crippen MR) is 147 cm³/mol. The Hall–Kier alpha value is -3.47. The third-order valence-electron chi connectivity index (χ3n) is 6.80. The van der Waals surface area contributed by atoms with Gasteiger partial charge in [-0.2, -0.15) is 0 Å². The number of thioether (sulfide) groups is 1. The fourth-order valence-electron chi connectivity index (χ4n) is 5.23. The molecule has 0 N–H and O–H groups in total. The molecule has 0 saturated heterocycles. The molecule has 36 heavy (non-hydrogen) atoms. The summed E-state index contributed by atoms with van der Waals surface area (Å²) in [6.07, 6.45) is 0.557. The summed E-state index contributed by atoms with van der Waals surface area (Å²) in [6.45, 7) is 1.90. The minimum atomic E-state index is -1.02. The van der Waals surface area contributed by atoms with Crippen molar-refractivity contribution in [2.75, 3.05) is 4.90 Å². The van der Waals surface area contributed by atoms with E-state index in [1.165, 1.54) is 0 Å². The average Bonchev–Trinajstić information content (AvgIpc) is 3.05. The van der Waals surface area contributed by atoms with Crippen molar-refractivity contribution < 1.29 is 9.53 Å². The monoisotopic (exact) mass is 509 g/mol. The lowest BCUT2D eigenvalue weighted by atomic mass is 9.89. The van der Waals surface area contributed by atoms with Gasteiger partial charge in [-0.3, -0.25) is 9.69 Å². The standard InChI is InChI=1S/C31H24ClNO2S/c1-21-29(22-11-4-2-5-12-22)30(34)33-26-17-8-9-18-27(26)36-28(23-13-10-16-25(32)19-23)20-31(33,35-21)24-14-6-3-7-15-24/h2-19,28H,20H2,1H3/t28-,31+/m1/s1. The summed E-state index contributed by atoms with van der Waals surface area (Å²) in [5.41, 5.74) is 3.31. The lowest BCUT2D eigenvalue weighted by Gasteiger charge is -2.47. The van der Waals surface area contributed by atoms with Crippen LogP contribution in [0, 0.1) is 0 Å². The first kappa shape index (κ1) is 23.0. The molecule has 2 aliphatic rings. The molecule has 2 aliphatic heterocycles. The van der Waals surface area contributed by atoms with Gasteiger partial charge in [-0.15, -0.1) is 11.8 Å². The van der Waals surface area contributed by atoms with Crippen LogP contribution in [0.2, 0.25) is 5.02 Å². The van der Waals surface area contributed by atoms with Crippen LogP contribution < -0.4 is 4.90 Å². The number of carbonyl (C=O) groups excluding carboxylic acids is 1. The molecule has 0 saturated carbocycles. The second kappa shape index (κ2) is 9.20. The fraction of sp³-hybridized carbons (Fsp3) is 0.129. The normalized spacial score (nSPS) is 21.3. The van der Waals surface area contributed by atoms with Crippen LogP contribution in [0.3, 0.4) is 0 Å².